The molecule has 102 valence electrons. The van der Waals surface area contributed by atoms with Crippen LogP contribution < -0.4 is 5.32 Å². The standard InChI is InChI=1S/C13H17ClN4S/c1-4-15-8-10-5-6-11(7-12(10)14)19-13-17-16-9(2)18(13)3/h5-7,15H,4,8H2,1-3H3. The Hall–Kier alpha value is -1.04. The smallest absolute Gasteiger partial charge is 0.195 e. The molecule has 0 radical (unpaired) electrons. The molecule has 0 bridgehead atoms. The van der Waals surface area contributed by atoms with Crippen LogP contribution in [0.25, 0.3) is 0 Å². The van der Waals surface area contributed by atoms with E-state index < -0.39 is 0 Å². The number of hydrogen-bond donors (Lipinski definition) is 1. The van der Waals surface area contributed by atoms with Crippen LogP contribution >= 0.6 is 23.4 Å². The quantitative estimate of drug-likeness (QED) is 0.921. The summed E-state index contributed by atoms with van der Waals surface area (Å²) in [6, 6.07) is 6.09. The van der Waals surface area contributed by atoms with Crippen molar-refractivity contribution in [1.29, 1.82) is 0 Å². The molecule has 0 saturated carbocycles. The van der Waals surface area contributed by atoms with Gasteiger partial charge in [-0.3, -0.25) is 0 Å². The van der Waals surface area contributed by atoms with Gasteiger partial charge in [-0.15, -0.1) is 10.2 Å². The van der Waals surface area contributed by atoms with E-state index in [1.807, 2.05) is 24.6 Å². The van der Waals surface area contributed by atoms with E-state index in [4.69, 9.17) is 11.6 Å². The van der Waals surface area contributed by atoms with Crippen molar-refractivity contribution >= 4 is 23.4 Å². The lowest BCUT2D eigenvalue weighted by molar-refractivity contribution is 0.726. The number of halogens is 1. The molecule has 1 N–H and O–H groups in total. The van der Waals surface area contributed by atoms with Crippen molar-refractivity contribution in [3.8, 4) is 0 Å². The second-order valence-electron chi connectivity index (χ2n) is 4.22. The van der Waals surface area contributed by atoms with Crippen LogP contribution in [0.5, 0.6) is 0 Å². The highest BCUT2D eigenvalue weighted by molar-refractivity contribution is 7.99. The lowest BCUT2D eigenvalue weighted by Gasteiger charge is -2.07. The largest absolute Gasteiger partial charge is 0.313 e. The van der Waals surface area contributed by atoms with E-state index in [1.54, 1.807) is 11.8 Å². The van der Waals surface area contributed by atoms with Crippen molar-refractivity contribution in [2.45, 2.75) is 30.4 Å². The highest BCUT2D eigenvalue weighted by Crippen LogP contribution is 2.29. The van der Waals surface area contributed by atoms with Crippen LogP contribution in [0.1, 0.15) is 18.3 Å². The Labute approximate surface area is 122 Å². The Balaban J connectivity index is 2.14. The van der Waals surface area contributed by atoms with Crippen LogP contribution in [0.3, 0.4) is 0 Å². The fourth-order valence-electron chi connectivity index (χ4n) is 1.58. The number of aromatic nitrogens is 3. The van der Waals surface area contributed by atoms with Crippen molar-refractivity contribution in [2.24, 2.45) is 7.05 Å². The van der Waals surface area contributed by atoms with Crippen LogP contribution in [0.4, 0.5) is 0 Å². The summed E-state index contributed by atoms with van der Waals surface area (Å²) in [7, 11) is 1.96. The maximum atomic E-state index is 6.28. The molecule has 4 nitrogen and oxygen atoms in total. The Morgan fingerprint density at radius 1 is 1.37 bits per heavy atom. The van der Waals surface area contributed by atoms with Crippen molar-refractivity contribution in [2.75, 3.05) is 6.54 Å². The first kappa shape index (κ1) is 14.4. The van der Waals surface area contributed by atoms with Crippen LogP contribution in [0, 0.1) is 6.92 Å². The van der Waals surface area contributed by atoms with Gasteiger partial charge in [0, 0.05) is 23.5 Å². The SMILES string of the molecule is CCNCc1ccc(Sc2nnc(C)n2C)cc1Cl. The number of hydrogen-bond acceptors (Lipinski definition) is 4. The molecule has 0 aliphatic heterocycles. The first-order chi connectivity index (χ1) is 9.11. The Morgan fingerprint density at radius 3 is 2.74 bits per heavy atom. The normalized spacial score (nSPS) is 10.9. The van der Waals surface area contributed by atoms with E-state index >= 15 is 0 Å². The molecule has 0 saturated heterocycles. The molecule has 19 heavy (non-hydrogen) atoms. The van der Waals surface area contributed by atoms with Crippen LogP contribution in [-0.2, 0) is 13.6 Å². The second-order valence-corrected chi connectivity index (χ2v) is 5.67. The van der Waals surface area contributed by atoms with Crippen molar-refractivity contribution in [1.82, 2.24) is 20.1 Å². The van der Waals surface area contributed by atoms with Crippen molar-refractivity contribution in [3.05, 3.63) is 34.6 Å². The van der Waals surface area contributed by atoms with Gasteiger partial charge in [-0.2, -0.15) is 0 Å². The number of aryl methyl sites for hydroxylation is 1. The molecule has 0 aliphatic carbocycles. The molecule has 0 unspecified atom stereocenters. The van der Waals surface area contributed by atoms with Gasteiger partial charge < -0.3 is 9.88 Å². The molecule has 2 aromatic rings. The summed E-state index contributed by atoms with van der Waals surface area (Å²) in [6.45, 7) is 5.74. The summed E-state index contributed by atoms with van der Waals surface area (Å²) in [5.41, 5.74) is 1.11. The third-order valence-corrected chi connectivity index (χ3v) is 4.23. The third kappa shape index (κ3) is 3.49. The molecule has 0 amide bonds. The van der Waals surface area contributed by atoms with Gasteiger partial charge in [0.25, 0.3) is 0 Å². The molecule has 0 atom stereocenters. The highest BCUT2D eigenvalue weighted by atomic mass is 35.5. The molecule has 6 heteroatoms. The zero-order valence-electron chi connectivity index (χ0n) is 11.3. The molecular weight excluding hydrogens is 280 g/mol. The molecule has 1 aromatic carbocycles. The molecule has 2 rings (SSSR count). The summed E-state index contributed by atoms with van der Waals surface area (Å²) in [5.74, 6) is 0.900. The zero-order chi connectivity index (χ0) is 13.8. The van der Waals surface area contributed by atoms with Gasteiger partial charge in [-0.25, -0.2) is 0 Å². The number of benzene rings is 1. The van der Waals surface area contributed by atoms with E-state index in [2.05, 4.69) is 34.6 Å². The van der Waals surface area contributed by atoms with Crippen LogP contribution in [-0.4, -0.2) is 21.3 Å². The van der Waals surface area contributed by atoms with E-state index in [9.17, 15) is 0 Å². The third-order valence-electron chi connectivity index (χ3n) is 2.85. The minimum atomic E-state index is 0.782. The molecule has 0 aliphatic rings. The van der Waals surface area contributed by atoms with E-state index in [0.29, 0.717) is 0 Å². The summed E-state index contributed by atoms with van der Waals surface area (Å²) in [4.78, 5) is 1.07. The van der Waals surface area contributed by atoms with Gasteiger partial charge >= 0.3 is 0 Å². The number of nitrogens with zero attached hydrogens (tertiary/aromatic N) is 3. The summed E-state index contributed by atoms with van der Waals surface area (Å²) in [6.07, 6.45) is 0. The van der Waals surface area contributed by atoms with Gasteiger partial charge in [-0.1, -0.05) is 24.6 Å². The minimum absolute atomic E-state index is 0.782. The fraction of sp³-hybridized carbons (Fsp3) is 0.385. The molecular formula is C13H17ClN4S. The van der Waals surface area contributed by atoms with Crippen LogP contribution in [0.2, 0.25) is 5.02 Å². The van der Waals surface area contributed by atoms with E-state index in [-0.39, 0.29) is 0 Å². The van der Waals surface area contributed by atoms with Crippen molar-refractivity contribution < 1.29 is 0 Å². The molecule has 1 heterocycles. The van der Waals surface area contributed by atoms with E-state index in [0.717, 1.165) is 39.6 Å². The van der Waals surface area contributed by atoms with Gasteiger partial charge in [0.2, 0.25) is 0 Å². The first-order valence-electron chi connectivity index (χ1n) is 6.14. The molecule has 0 fully saturated rings. The lowest BCUT2D eigenvalue weighted by Crippen LogP contribution is -2.11. The molecule has 1 aromatic heterocycles. The highest BCUT2D eigenvalue weighted by Gasteiger charge is 2.08. The Bertz CT molecular complexity index is 568. The number of rotatable bonds is 5. The Morgan fingerprint density at radius 2 is 2.16 bits per heavy atom. The number of nitrogens with one attached hydrogen (secondary N) is 1. The maximum absolute atomic E-state index is 6.28. The van der Waals surface area contributed by atoms with E-state index in [1.165, 1.54) is 0 Å². The average Bonchev–Trinajstić information content (AvgIpc) is 2.70. The fourth-order valence-corrected chi connectivity index (χ4v) is 2.76. The first-order valence-corrected chi connectivity index (χ1v) is 7.34. The predicted molar refractivity (Wildman–Crippen MR) is 78.7 cm³/mol. The van der Waals surface area contributed by atoms with Crippen molar-refractivity contribution in [3.63, 3.8) is 0 Å². The Kier molecular flexibility index (Phi) is 4.85. The second kappa shape index (κ2) is 6.41. The summed E-state index contributed by atoms with van der Waals surface area (Å²) in [5, 5.41) is 13.1. The summed E-state index contributed by atoms with van der Waals surface area (Å²) >= 11 is 7.85. The van der Waals surface area contributed by atoms with Gasteiger partial charge in [-0.05, 0) is 42.9 Å². The maximum Gasteiger partial charge on any atom is 0.195 e. The minimum Gasteiger partial charge on any atom is -0.313 e. The van der Waals surface area contributed by atoms with Gasteiger partial charge in [0.1, 0.15) is 5.82 Å². The summed E-state index contributed by atoms with van der Waals surface area (Å²) < 4.78 is 1.96. The van der Waals surface area contributed by atoms with Gasteiger partial charge in [0.05, 0.1) is 0 Å². The lowest BCUT2D eigenvalue weighted by atomic mass is 10.2. The van der Waals surface area contributed by atoms with Gasteiger partial charge in [0.15, 0.2) is 5.16 Å². The zero-order valence-corrected chi connectivity index (χ0v) is 12.8. The average molecular weight is 297 g/mol. The van der Waals surface area contributed by atoms with Crippen LogP contribution in [0.15, 0.2) is 28.3 Å². The predicted octanol–water partition coefficient (Wildman–Crippen LogP) is 3.04. The monoisotopic (exact) mass is 296 g/mol. The molecule has 0 spiro atoms. The topological polar surface area (TPSA) is 42.7 Å².